The van der Waals surface area contributed by atoms with E-state index >= 15 is 0 Å². The van der Waals surface area contributed by atoms with Gasteiger partial charge in [0, 0.05) is 35.1 Å². The van der Waals surface area contributed by atoms with E-state index < -0.39 is 18.1 Å². The van der Waals surface area contributed by atoms with Crippen LogP contribution < -0.4 is 20.1 Å². The molecule has 0 spiro atoms. The number of carbonyl (C=O) groups excluding carboxylic acids is 3. The van der Waals surface area contributed by atoms with Gasteiger partial charge < -0.3 is 30.0 Å². The summed E-state index contributed by atoms with van der Waals surface area (Å²) < 4.78 is 10.8. The van der Waals surface area contributed by atoms with Crippen molar-refractivity contribution in [2.24, 2.45) is 5.92 Å². The fourth-order valence-electron chi connectivity index (χ4n) is 6.44. The van der Waals surface area contributed by atoms with E-state index in [4.69, 9.17) is 9.47 Å². The van der Waals surface area contributed by atoms with Gasteiger partial charge in [0.2, 0.25) is 18.6 Å². The molecule has 0 bridgehead atoms. The van der Waals surface area contributed by atoms with Crippen molar-refractivity contribution in [3.8, 4) is 11.5 Å². The monoisotopic (exact) mass is 564 g/mol. The van der Waals surface area contributed by atoms with E-state index in [1.807, 2.05) is 80.6 Å². The summed E-state index contributed by atoms with van der Waals surface area (Å²) in [6.45, 7) is 4.40. The maximum atomic E-state index is 14.1. The Kier molecular flexibility index (Phi) is 6.37. The standard InChI is InChI=1S/C33H32N4O5/c1-3-18(2)28(32(39)34-16-19-12-13-26-27(14-19)42-17-41-26)36-31(38)25-15-23-20-8-6-7-11-24(20)35-29(23)30-21-9-4-5-10-22(21)33(40)37(25)30/h4-14,18,25,28,30,35H,3,15-17H2,1-2H3,(H,34,39)(H,36,38)/t18-,25+,28+,30+/m1/s1. The topological polar surface area (TPSA) is 113 Å². The van der Waals surface area contributed by atoms with Crippen LogP contribution in [0.1, 0.15) is 59.1 Å². The summed E-state index contributed by atoms with van der Waals surface area (Å²) in [5, 5.41) is 7.07. The number of benzene rings is 3. The Morgan fingerprint density at radius 1 is 1.05 bits per heavy atom. The fourth-order valence-corrected chi connectivity index (χ4v) is 6.44. The van der Waals surface area contributed by atoms with E-state index in [9.17, 15) is 14.4 Å². The number of aromatic amines is 1. The highest BCUT2D eigenvalue weighted by molar-refractivity contribution is 6.04. The Morgan fingerprint density at radius 3 is 2.69 bits per heavy atom. The van der Waals surface area contributed by atoms with Crippen molar-refractivity contribution in [2.75, 3.05) is 6.79 Å². The number of rotatable bonds is 7. The van der Waals surface area contributed by atoms with E-state index in [0.717, 1.165) is 33.3 Å². The molecule has 3 amide bonds. The average molecular weight is 565 g/mol. The Balaban J connectivity index is 1.17. The summed E-state index contributed by atoms with van der Waals surface area (Å²) in [5.74, 6) is 0.422. The van der Waals surface area contributed by atoms with Crippen LogP contribution in [0.5, 0.6) is 11.5 Å². The first kappa shape index (κ1) is 26.1. The first-order valence-corrected chi connectivity index (χ1v) is 14.4. The van der Waals surface area contributed by atoms with Gasteiger partial charge >= 0.3 is 0 Å². The van der Waals surface area contributed by atoms with Crippen molar-refractivity contribution in [1.29, 1.82) is 0 Å². The summed E-state index contributed by atoms with van der Waals surface area (Å²) in [5.41, 5.74) is 5.30. The van der Waals surface area contributed by atoms with Gasteiger partial charge in [0.05, 0.1) is 6.04 Å². The Bertz CT molecular complexity index is 1730. The molecule has 3 aliphatic heterocycles. The number of hydrogen-bond acceptors (Lipinski definition) is 5. The van der Waals surface area contributed by atoms with E-state index in [-0.39, 0.29) is 37.0 Å². The van der Waals surface area contributed by atoms with E-state index in [1.54, 1.807) is 4.90 Å². The fraction of sp³-hybridized carbons (Fsp3) is 0.303. The highest BCUT2D eigenvalue weighted by atomic mass is 16.7. The minimum Gasteiger partial charge on any atom is -0.454 e. The molecule has 7 rings (SSSR count). The molecule has 4 atom stereocenters. The molecule has 214 valence electrons. The number of H-pyrrole nitrogens is 1. The van der Waals surface area contributed by atoms with E-state index in [2.05, 4.69) is 15.6 Å². The maximum Gasteiger partial charge on any atom is 0.255 e. The van der Waals surface area contributed by atoms with Crippen LogP contribution >= 0.6 is 0 Å². The van der Waals surface area contributed by atoms with Gasteiger partial charge in [-0.05, 0) is 46.9 Å². The molecule has 0 radical (unpaired) electrons. The second-order valence-electron chi connectivity index (χ2n) is 11.3. The average Bonchev–Trinajstić information content (AvgIpc) is 3.72. The van der Waals surface area contributed by atoms with Crippen molar-refractivity contribution < 1.29 is 23.9 Å². The molecule has 0 unspecified atom stereocenters. The Hall–Kier alpha value is -4.79. The van der Waals surface area contributed by atoms with Crippen LogP contribution in [0.15, 0.2) is 66.7 Å². The number of fused-ring (bicyclic) bond motifs is 8. The number of hydrogen-bond donors (Lipinski definition) is 3. The summed E-state index contributed by atoms with van der Waals surface area (Å²) in [6, 6.07) is 19.2. The van der Waals surface area contributed by atoms with Gasteiger partial charge in [-0.2, -0.15) is 0 Å². The number of carbonyl (C=O) groups is 3. The number of amides is 3. The molecule has 4 heterocycles. The summed E-state index contributed by atoms with van der Waals surface area (Å²) in [7, 11) is 0. The number of nitrogens with one attached hydrogen (secondary N) is 3. The molecule has 3 N–H and O–H groups in total. The van der Waals surface area contributed by atoms with E-state index in [0.29, 0.717) is 29.9 Å². The van der Waals surface area contributed by atoms with Crippen LogP contribution in [-0.4, -0.2) is 46.5 Å². The maximum absolute atomic E-state index is 14.1. The van der Waals surface area contributed by atoms with Crippen LogP contribution in [-0.2, 0) is 22.6 Å². The van der Waals surface area contributed by atoms with Gasteiger partial charge in [0.1, 0.15) is 12.1 Å². The number of aromatic nitrogens is 1. The zero-order valence-electron chi connectivity index (χ0n) is 23.5. The van der Waals surface area contributed by atoms with Crippen LogP contribution in [0.25, 0.3) is 10.9 Å². The molecule has 9 nitrogen and oxygen atoms in total. The lowest BCUT2D eigenvalue weighted by Gasteiger charge is -2.38. The molecule has 1 aromatic heterocycles. The van der Waals surface area contributed by atoms with Crippen molar-refractivity contribution in [1.82, 2.24) is 20.5 Å². The zero-order chi connectivity index (χ0) is 29.0. The smallest absolute Gasteiger partial charge is 0.255 e. The van der Waals surface area contributed by atoms with Crippen LogP contribution in [0.3, 0.4) is 0 Å². The molecule has 0 fully saturated rings. The van der Waals surface area contributed by atoms with Gasteiger partial charge in [-0.25, -0.2) is 0 Å². The number of para-hydroxylation sites is 1. The predicted octanol–water partition coefficient (Wildman–Crippen LogP) is 4.21. The van der Waals surface area contributed by atoms with Gasteiger partial charge in [-0.15, -0.1) is 0 Å². The van der Waals surface area contributed by atoms with Crippen LogP contribution in [0, 0.1) is 5.92 Å². The van der Waals surface area contributed by atoms with Gasteiger partial charge in [-0.1, -0.05) is 62.7 Å². The molecular weight excluding hydrogens is 532 g/mol. The molecule has 4 aromatic rings. The molecular formula is C33H32N4O5. The molecule has 0 aliphatic carbocycles. The number of nitrogens with zero attached hydrogens (tertiary/aromatic N) is 1. The molecule has 42 heavy (non-hydrogen) atoms. The first-order valence-electron chi connectivity index (χ1n) is 14.4. The highest BCUT2D eigenvalue weighted by Gasteiger charge is 2.49. The SMILES string of the molecule is CC[C@@H](C)[C@H](NC(=O)[C@@H]1Cc2c([nH]c3ccccc23)[C@@H]2c3ccccc3C(=O)N21)C(=O)NCc1ccc2c(c1)OCO2. The third-order valence-electron chi connectivity index (χ3n) is 8.85. The second-order valence-corrected chi connectivity index (χ2v) is 11.3. The van der Waals surface area contributed by atoms with E-state index in [1.165, 1.54) is 0 Å². The predicted molar refractivity (Wildman–Crippen MR) is 156 cm³/mol. The van der Waals surface area contributed by atoms with Crippen molar-refractivity contribution in [3.63, 3.8) is 0 Å². The molecule has 9 heteroatoms. The lowest BCUT2D eigenvalue weighted by Crippen LogP contribution is -2.58. The summed E-state index contributed by atoms with van der Waals surface area (Å²) in [4.78, 5) is 46.6. The molecule has 0 saturated carbocycles. The second kappa shape index (κ2) is 10.2. The van der Waals surface area contributed by atoms with Crippen molar-refractivity contribution >= 4 is 28.6 Å². The third kappa shape index (κ3) is 4.19. The normalized spacial score (nSPS) is 19.6. The van der Waals surface area contributed by atoms with Gasteiger partial charge in [0.25, 0.3) is 5.91 Å². The minimum absolute atomic E-state index is 0.125. The minimum atomic E-state index is -0.769. The Labute approximate surface area is 243 Å². The van der Waals surface area contributed by atoms with Gasteiger partial charge in [-0.3, -0.25) is 14.4 Å². The lowest BCUT2D eigenvalue weighted by molar-refractivity contribution is -0.133. The number of ether oxygens (including phenoxy) is 2. The van der Waals surface area contributed by atoms with Crippen molar-refractivity contribution in [3.05, 3.63) is 94.7 Å². The first-order chi connectivity index (χ1) is 20.4. The van der Waals surface area contributed by atoms with Gasteiger partial charge in [0.15, 0.2) is 11.5 Å². The molecule has 3 aliphatic rings. The lowest BCUT2D eigenvalue weighted by atomic mass is 9.89. The highest BCUT2D eigenvalue weighted by Crippen LogP contribution is 2.46. The van der Waals surface area contributed by atoms with Crippen LogP contribution in [0.2, 0.25) is 0 Å². The van der Waals surface area contributed by atoms with Crippen molar-refractivity contribution in [2.45, 2.75) is 51.4 Å². The third-order valence-corrected chi connectivity index (χ3v) is 8.85. The van der Waals surface area contributed by atoms with Crippen LogP contribution in [0.4, 0.5) is 0 Å². The summed E-state index contributed by atoms with van der Waals surface area (Å²) in [6.07, 6.45) is 1.05. The Morgan fingerprint density at radius 2 is 1.83 bits per heavy atom. The molecule has 0 saturated heterocycles. The molecule has 3 aromatic carbocycles. The summed E-state index contributed by atoms with van der Waals surface area (Å²) >= 11 is 0. The zero-order valence-corrected chi connectivity index (χ0v) is 23.5. The quantitative estimate of drug-likeness (QED) is 0.311. The largest absolute Gasteiger partial charge is 0.454 e.